The Morgan fingerprint density at radius 3 is 2.21 bits per heavy atom. The number of thioether (sulfide) groups is 1. The Bertz CT molecular complexity index is 2310. The molecular formula is C41H64N7O18P3S. The maximum Gasteiger partial charge on any atom is 0.481 e. The largest absolute Gasteiger partial charge is 0.481 e. The van der Waals surface area contributed by atoms with Crippen molar-refractivity contribution in [3.8, 4) is 0 Å². The van der Waals surface area contributed by atoms with Crippen LogP contribution in [0.15, 0.2) is 61.3 Å². The number of amides is 2. The van der Waals surface area contributed by atoms with Crippen LogP contribution in [0.4, 0.5) is 5.82 Å². The molecule has 2 unspecified atom stereocenters. The van der Waals surface area contributed by atoms with Crippen molar-refractivity contribution in [3.05, 3.63) is 61.3 Å². The first-order chi connectivity index (χ1) is 32.9. The number of ketones is 1. The Labute approximate surface area is 409 Å². The van der Waals surface area contributed by atoms with Gasteiger partial charge in [-0.25, -0.2) is 28.6 Å². The summed E-state index contributed by atoms with van der Waals surface area (Å²) in [6.45, 7) is 2.46. The molecule has 25 nitrogen and oxygen atoms in total. The van der Waals surface area contributed by atoms with Crippen molar-refractivity contribution < 1.29 is 85.3 Å². The van der Waals surface area contributed by atoms with E-state index in [-0.39, 0.29) is 66.0 Å². The second-order valence-electron chi connectivity index (χ2n) is 16.3. The minimum atomic E-state index is -5.60. The van der Waals surface area contributed by atoms with E-state index in [4.69, 9.17) is 19.5 Å². The second-order valence-corrected chi connectivity index (χ2v) is 21.7. The van der Waals surface area contributed by atoms with Crippen LogP contribution < -0.4 is 16.4 Å². The number of carbonyl (C=O) groups is 4. The van der Waals surface area contributed by atoms with E-state index in [1.165, 1.54) is 33.1 Å². The molecule has 70 heavy (non-hydrogen) atoms. The highest BCUT2D eigenvalue weighted by atomic mass is 32.2. The first kappa shape index (κ1) is 60.5. The number of unbranched alkanes of at least 4 members (excludes halogenated alkanes) is 3. The lowest BCUT2D eigenvalue weighted by molar-refractivity contribution is -0.137. The van der Waals surface area contributed by atoms with Gasteiger partial charge in [0.05, 0.1) is 26.0 Å². The summed E-state index contributed by atoms with van der Waals surface area (Å²) in [5.74, 6) is -1.59. The summed E-state index contributed by atoms with van der Waals surface area (Å²) in [5, 5.41) is 26.1. The van der Waals surface area contributed by atoms with E-state index in [0.29, 0.717) is 6.42 Å². The molecule has 0 aliphatic carbocycles. The maximum absolute atomic E-state index is 12.7. The molecule has 3 rings (SSSR count). The summed E-state index contributed by atoms with van der Waals surface area (Å²) < 4.78 is 62.4. The van der Waals surface area contributed by atoms with Gasteiger partial charge >= 0.3 is 23.5 Å². The number of anilines is 1. The zero-order chi connectivity index (χ0) is 52.0. The predicted octanol–water partition coefficient (Wildman–Crippen LogP) is 3.99. The van der Waals surface area contributed by atoms with Gasteiger partial charge in [-0.3, -0.25) is 37.3 Å². The molecule has 392 valence electrons. The molecular weight excluding hydrogens is 1000 g/mol. The Balaban J connectivity index is 1.32. The molecule has 0 spiro atoms. The SMILES string of the molecule is CCCCC/C=C\C/C=C\C/C=C\C/C=C\CC(=O)CC(=O)SCCNC(=O)CCNC(=O)[C@H](O)C(C)(C)COP(=O)(O)OP(=O)(O)OC[C@H]1O[C@@H](n2cnc3c(N)ncnc32)[C@H](O)[C@@H]1OP(=O)(O)O. The molecule has 1 saturated heterocycles. The fourth-order valence-corrected chi connectivity index (χ4v) is 9.76. The molecule has 2 aromatic heterocycles. The first-order valence-electron chi connectivity index (χ1n) is 22.1. The molecule has 2 amide bonds. The third-order valence-corrected chi connectivity index (χ3v) is 13.9. The molecule has 3 heterocycles. The van der Waals surface area contributed by atoms with Crippen LogP contribution in [-0.2, 0) is 55.5 Å². The number of phosphoric acid groups is 3. The number of ether oxygens (including phenoxy) is 1. The summed E-state index contributed by atoms with van der Waals surface area (Å²) in [6.07, 6.45) is 16.3. The van der Waals surface area contributed by atoms with Gasteiger partial charge in [-0.05, 0) is 32.1 Å². The predicted molar refractivity (Wildman–Crippen MR) is 256 cm³/mol. The fourth-order valence-electron chi connectivity index (χ4n) is 6.24. The number of hydrogen-bond acceptors (Lipinski definition) is 19. The highest BCUT2D eigenvalue weighted by Crippen LogP contribution is 2.61. The second kappa shape index (κ2) is 29.6. The molecule has 10 N–H and O–H groups in total. The molecule has 0 aromatic carbocycles. The van der Waals surface area contributed by atoms with Gasteiger partial charge in [-0.15, -0.1) is 0 Å². The van der Waals surface area contributed by atoms with Crippen LogP contribution in [-0.4, -0.2) is 128 Å². The van der Waals surface area contributed by atoms with Crippen LogP contribution in [0.25, 0.3) is 11.2 Å². The van der Waals surface area contributed by atoms with Crippen molar-refractivity contribution in [2.45, 2.75) is 116 Å². The normalized spacial score (nSPS) is 20.1. The Hall–Kier alpha value is -3.81. The van der Waals surface area contributed by atoms with Gasteiger partial charge in [-0.1, -0.05) is 94.0 Å². The Morgan fingerprint density at radius 2 is 1.56 bits per heavy atom. The van der Waals surface area contributed by atoms with E-state index in [9.17, 15) is 62.7 Å². The van der Waals surface area contributed by atoms with Crippen molar-refractivity contribution >= 4 is 74.9 Å². The van der Waals surface area contributed by atoms with E-state index >= 15 is 0 Å². The van der Waals surface area contributed by atoms with E-state index < -0.39 is 84.6 Å². The molecule has 0 saturated carbocycles. The Morgan fingerprint density at radius 1 is 0.914 bits per heavy atom. The zero-order valence-electron chi connectivity index (χ0n) is 39.0. The van der Waals surface area contributed by atoms with E-state index in [0.717, 1.165) is 48.2 Å². The lowest BCUT2D eigenvalue weighted by Gasteiger charge is -2.30. The monoisotopic (exact) mass is 1070 g/mol. The van der Waals surface area contributed by atoms with Crippen LogP contribution in [0.5, 0.6) is 0 Å². The van der Waals surface area contributed by atoms with Gasteiger partial charge in [0.25, 0.3) is 0 Å². The molecule has 2 aromatic rings. The van der Waals surface area contributed by atoms with Crippen LogP contribution in [0.1, 0.15) is 91.2 Å². The standard InChI is InChI=1S/C41H64N7O18P3S/c1-4-5-6-7-8-9-10-11-12-13-14-15-16-17-18-19-29(49)24-32(51)70-23-22-43-31(50)20-21-44-39(54)36(53)41(2,3)26-63-69(60,61)66-68(58,59)62-25-30-35(65-67(55,56)57)34(52)40(64-30)48-28-47-33-37(42)45-27-46-38(33)48/h8-9,11-12,14-15,17-18,27-28,30,34-36,40,52-53H,4-7,10,13,16,19-26H2,1-3H3,(H,43,50)(H,44,54)(H,58,59)(H,60,61)(H2,42,45,46)(H2,55,56,57)/b9-8-,12-11-,15-14-,18-17-/t30-,34-,35-,36+,40-/m1/s1. The number of nitrogens with one attached hydrogen (secondary N) is 2. The summed E-state index contributed by atoms with van der Waals surface area (Å²) in [4.78, 5) is 100. The minimum absolute atomic E-state index is 0.0229. The van der Waals surface area contributed by atoms with E-state index in [1.54, 1.807) is 6.08 Å². The zero-order valence-corrected chi connectivity index (χ0v) is 42.5. The average molecular weight is 1070 g/mol. The van der Waals surface area contributed by atoms with Crippen LogP contribution in [0.3, 0.4) is 0 Å². The van der Waals surface area contributed by atoms with Crippen LogP contribution in [0, 0.1) is 5.41 Å². The highest BCUT2D eigenvalue weighted by Gasteiger charge is 2.50. The number of nitrogens with zero attached hydrogens (tertiary/aromatic N) is 4. The number of nitrogen functional groups attached to an aromatic ring is 1. The fraction of sp³-hybridized carbons (Fsp3) is 0.585. The van der Waals surface area contributed by atoms with Gasteiger partial charge < -0.3 is 50.9 Å². The van der Waals surface area contributed by atoms with Gasteiger partial charge in [0.2, 0.25) is 11.8 Å². The number of fused-ring (bicyclic) bond motifs is 1. The highest BCUT2D eigenvalue weighted by molar-refractivity contribution is 8.13. The number of carbonyl (C=O) groups excluding carboxylic acids is 4. The van der Waals surface area contributed by atoms with Gasteiger partial charge in [0, 0.05) is 37.1 Å². The molecule has 0 bridgehead atoms. The smallest absolute Gasteiger partial charge is 0.386 e. The van der Waals surface area contributed by atoms with E-state index in [1.807, 2.05) is 18.2 Å². The molecule has 29 heteroatoms. The minimum Gasteiger partial charge on any atom is -0.386 e. The number of imidazole rings is 1. The van der Waals surface area contributed by atoms with Crippen molar-refractivity contribution in [2.24, 2.45) is 5.41 Å². The number of phosphoric ester groups is 3. The maximum atomic E-state index is 12.7. The third kappa shape index (κ3) is 22.3. The Kier molecular flexibility index (Phi) is 25.6. The third-order valence-electron chi connectivity index (χ3n) is 9.91. The van der Waals surface area contributed by atoms with Crippen LogP contribution in [0.2, 0.25) is 0 Å². The molecule has 0 radical (unpaired) electrons. The lowest BCUT2D eigenvalue weighted by atomic mass is 9.87. The van der Waals surface area contributed by atoms with Crippen molar-refractivity contribution in [3.63, 3.8) is 0 Å². The summed E-state index contributed by atoms with van der Waals surface area (Å²) in [5.41, 5.74) is 4.23. The number of aromatic nitrogens is 4. The van der Waals surface area contributed by atoms with Gasteiger partial charge in [0.15, 0.2) is 22.8 Å². The molecule has 1 fully saturated rings. The van der Waals surface area contributed by atoms with Crippen LogP contribution >= 0.6 is 35.2 Å². The number of rotatable bonds is 33. The van der Waals surface area contributed by atoms with Gasteiger partial charge in [0.1, 0.15) is 42.0 Å². The number of Topliss-reactive ketones (excluding diaryl/α,β-unsaturated/α-hetero) is 1. The topological polar surface area (TPSA) is 381 Å². The number of nitrogens with two attached hydrogens (primary N) is 1. The van der Waals surface area contributed by atoms with Crippen molar-refractivity contribution in [1.29, 1.82) is 0 Å². The lowest BCUT2D eigenvalue weighted by Crippen LogP contribution is -2.46. The van der Waals surface area contributed by atoms with Gasteiger partial charge in [-0.2, -0.15) is 4.31 Å². The summed E-state index contributed by atoms with van der Waals surface area (Å²) in [6, 6.07) is 0. The molecule has 1 aliphatic rings. The van der Waals surface area contributed by atoms with Crippen molar-refractivity contribution in [2.75, 3.05) is 37.8 Å². The van der Waals surface area contributed by atoms with Crippen molar-refractivity contribution in [1.82, 2.24) is 30.2 Å². The number of hydrogen-bond donors (Lipinski definition) is 9. The average Bonchev–Trinajstić information content (AvgIpc) is 3.84. The molecule has 7 atom stereocenters. The first-order valence-corrected chi connectivity index (χ1v) is 27.6. The van der Waals surface area contributed by atoms with E-state index in [2.05, 4.69) is 65.6 Å². The number of aliphatic hydroxyl groups excluding tert-OH is 2. The quantitative estimate of drug-likeness (QED) is 0.0211. The summed E-state index contributed by atoms with van der Waals surface area (Å²) in [7, 11) is -16.5. The summed E-state index contributed by atoms with van der Waals surface area (Å²) >= 11 is 0.896. The number of aliphatic hydroxyl groups is 2. The number of allylic oxidation sites excluding steroid dienone is 8. The molecule has 1 aliphatic heterocycles.